The average Bonchev–Trinajstić information content (AvgIpc) is 4.13. The summed E-state index contributed by atoms with van der Waals surface area (Å²) in [4.78, 5) is 20.6. The molecule has 0 spiro atoms. The van der Waals surface area contributed by atoms with Gasteiger partial charge in [0.2, 0.25) is 0 Å². The monoisotopic (exact) mass is 1000 g/mol. The van der Waals surface area contributed by atoms with E-state index in [1.54, 1.807) is 29.6 Å². The third-order valence-corrected chi connectivity index (χ3v) is 11.6. The Kier molecular flexibility index (Phi) is 53.1. The van der Waals surface area contributed by atoms with Crippen LogP contribution in [0.25, 0.3) is 20.2 Å². The highest BCUT2D eigenvalue weighted by Crippen LogP contribution is 2.22. The van der Waals surface area contributed by atoms with E-state index in [0.29, 0.717) is 6.42 Å². The number of hydrogen-bond donors (Lipinski definition) is 1. The molecule has 0 saturated carbocycles. The Hall–Kier alpha value is -4.05. The number of piperazine rings is 2. The van der Waals surface area contributed by atoms with Gasteiger partial charge in [-0.3, -0.25) is 14.6 Å². The summed E-state index contributed by atoms with van der Waals surface area (Å²) in [7, 11) is 0. The van der Waals surface area contributed by atoms with Crippen LogP contribution in [0.4, 0.5) is 11.4 Å². The van der Waals surface area contributed by atoms with Crippen LogP contribution < -0.4 is 9.80 Å². The lowest BCUT2D eigenvalue weighted by molar-refractivity contribution is -0.117. The van der Waals surface area contributed by atoms with Crippen LogP contribution in [0.2, 0.25) is 0 Å². The molecule has 1 N–H and O–H groups in total. The van der Waals surface area contributed by atoms with Gasteiger partial charge in [0.1, 0.15) is 5.78 Å². The van der Waals surface area contributed by atoms with Gasteiger partial charge in [-0.2, -0.15) is 0 Å². The second-order valence-corrected chi connectivity index (χ2v) is 16.2. The number of aryl methyl sites for hydroxylation is 2. The maximum absolute atomic E-state index is 10.9. The zero-order valence-corrected chi connectivity index (χ0v) is 50.2. The first-order chi connectivity index (χ1) is 34.2. The van der Waals surface area contributed by atoms with Crippen molar-refractivity contribution in [3.63, 3.8) is 0 Å². The van der Waals surface area contributed by atoms with Crippen LogP contribution in [0, 0.1) is 13.8 Å². The Balaban J connectivity index is -0.000000384. The summed E-state index contributed by atoms with van der Waals surface area (Å²) in [5.41, 5.74) is 5.30. The van der Waals surface area contributed by atoms with Gasteiger partial charge < -0.3 is 14.9 Å². The predicted octanol–water partition coefficient (Wildman–Crippen LogP) is 18.0. The molecular formula is C62H106N4O2S2. The van der Waals surface area contributed by atoms with Crippen LogP contribution in [0.15, 0.2) is 120 Å². The van der Waals surface area contributed by atoms with Crippen molar-refractivity contribution in [3.8, 4) is 0 Å². The zero-order chi connectivity index (χ0) is 54.1. The SMILES string of the molecule is CC.CC.CC.CC.CC.CC.CC.CC.CC(=O)CCN1CCN(c2ccccc2)CC1.CC(O)CCN1CCN(c2ccccc2)CC1.Cc1ccc2sccc2c1.Cc1ccc2sccc2c1. The van der Waals surface area contributed by atoms with E-state index in [4.69, 9.17) is 0 Å². The van der Waals surface area contributed by atoms with Gasteiger partial charge in [0.15, 0.2) is 0 Å². The normalized spacial score (nSPS) is 12.5. The Morgan fingerprint density at radius 3 is 1.13 bits per heavy atom. The number of fused-ring (bicyclic) bond motifs is 2. The number of nitrogens with zero attached hydrogens (tertiary/aromatic N) is 4. The molecule has 2 saturated heterocycles. The summed E-state index contributed by atoms with van der Waals surface area (Å²) in [6, 6.07) is 38.5. The molecule has 2 aromatic heterocycles. The van der Waals surface area contributed by atoms with Crippen molar-refractivity contribution in [2.45, 2.75) is 157 Å². The highest BCUT2D eigenvalue weighted by molar-refractivity contribution is 7.17. The predicted molar refractivity (Wildman–Crippen MR) is 326 cm³/mol. The third kappa shape index (κ3) is 32.8. The molecule has 70 heavy (non-hydrogen) atoms. The molecule has 1 unspecified atom stereocenters. The fraction of sp³-hybridized carbons (Fsp3) is 0.532. The average molecular weight is 1000 g/mol. The van der Waals surface area contributed by atoms with Gasteiger partial charge in [-0.1, -0.05) is 183 Å². The largest absolute Gasteiger partial charge is 0.393 e. The second kappa shape index (κ2) is 51.3. The fourth-order valence-corrected chi connectivity index (χ4v) is 8.14. The lowest BCUT2D eigenvalue weighted by Crippen LogP contribution is -2.47. The number of carbonyl (C=O) groups is 1. The molecule has 4 heterocycles. The van der Waals surface area contributed by atoms with Gasteiger partial charge in [-0.25, -0.2) is 0 Å². The summed E-state index contributed by atoms with van der Waals surface area (Å²) in [6.45, 7) is 50.3. The number of Topliss-reactive ketones (excluding diaryl/α,β-unsaturated/α-hetero) is 1. The van der Waals surface area contributed by atoms with Gasteiger partial charge in [-0.05, 0) is 104 Å². The van der Waals surface area contributed by atoms with Gasteiger partial charge >= 0.3 is 0 Å². The quantitative estimate of drug-likeness (QED) is 0.164. The number of hydrogen-bond acceptors (Lipinski definition) is 8. The first-order valence-corrected chi connectivity index (χ1v) is 29.1. The number of aliphatic hydroxyl groups excluding tert-OH is 1. The van der Waals surface area contributed by atoms with Crippen LogP contribution in [0.1, 0.15) is 149 Å². The van der Waals surface area contributed by atoms with E-state index >= 15 is 0 Å². The molecule has 6 aromatic rings. The highest BCUT2D eigenvalue weighted by atomic mass is 32.1. The molecule has 1 atom stereocenters. The Morgan fingerprint density at radius 2 is 0.814 bits per heavy atom. The molecule has 0 amide bonds. The van der Waals surface area contributed by atoms with Gasteiger partial charge in [0, 0.05) is 92.6 Å². The minimum absolute atomic E-state index is 0.179. The molecule has 2 fully saturated rings. The zero-order valence-electron chi connectivity index (χ0n) is 48.6. The summed E-state index contributed by atoms with van der Waals surface area (Å²) in [5.74, 6) is 0.287. The number of anilines is 2. The van der Waals surface area contributed by atoms with E-state index in [1.807, 2.05) is 124 Å². The van der Waals surface area contributed by atoms with E-state index in [9.17, 15) is 9.90 Å². The summed E-state index contributed by atoms with van der Waals surface area (Å²) in [6.07, 6.45) is 1.39. The maximum atomic E-state index is 10.9. The van der Waals surface area contributed by atoms with Crippen molar-refractivity contribution in [1.29, 1.82) is 0 Å². The number of benzene rings is 4. The summed E-state index contributed by atoms with van der Waals surface area (Å²) >= 11 is 3.59. The van der Waals surface area contributed by atoms with Crippen molar-refractivity contribution in [3.05, 3.63) is 131 Å². The summed E-state index contributed by atoms with van der Waals surface area (Å²) in [5, 5.41) is 16.3. The molecule has 398 valence electrons. The molecule has 0 bridgehead atoms. The van der Waals surface area contributed by atoms with Gasteiger partial charge in [0.25, 0.3) is 0 Å². The molecule has 8 rings (SSSR count). The van der Waals surface area contributed by atoms with Crippen molar-refractivity contribution in [1.82, 2.24) is 9.80 Å². The molecule has 0 aliphatic carbocycles. The number of carbonyl (C=O) groups excluding carboxylic acids is 1. The lowest BCUT2D eigenvalue weighted by Gasteiger charge is -2.36. The van der Waals surface area contributed by atoms with E-state index in [2.05, 4.69) is 147 Å². The molecular weight excluding hydrogens is 897 g/mol. The maximum Gasteiger partial charge on any atom is 0.131 e. The molecule has 4 aromatic carbocycles. The van der Waals surface area contributed by atoms with Crippen LogP contribution in [0.5, 0.6) is 0 Å². The van der Waals surface area contributed by atoms with Crippen molar-refractivity contribution < 1.29 is 9.90 Å². The minimum atomic E-state index is -0.179. The molecule has 2 aliphatic rings. The van der Waals surface area contributed by atoms with Crippen LogP contribution in [-0.2, 0) is 4.79 Å². The van der Waals surface area contributed by atoms with Crippen LogP contribution >= 0.6 is 22.7 Å². The Labute approximate surface area is 441 Å². The topological polar surface area (TPSA) is 50.3 Å². The van der Waals surface area contributed by atoms with Crippen molar-refractivity contribution in [2.24, 2.45) is 0 Å². The Morgan fingerprint density at radius 1 is 0.486 bits per heavy atom. The highest BCUT2D eigenvalue weighted by Gasteiger charge is 2.18. The molecule has 0 radical (unpaired) electrons. The van der Waals surface area contributed by atoms with E-state index in [1.165, 1.54) is 42.7 Å². The first-order valence-electron chi connectivity index (χ1n) is 27.3. The third-order valence-electron chi connectivity index (χ3n) is 9.85. The number of rotatable bonds is 8. The smallest absolute Gasteiger partial charge is 0.131 e. The van der Waals surface area contributed by atoms with Crippen molar-refractivity contribution in [2.75, 3.05) is 75.2 Å². The van der Waals surface area contributed by atoms with Gasteiger partial charge in [-0.15, -0.1) is 22.7 Å². The van der Waals surface area contributed by atoms with Gasteiger partial charge in [0.05, 0.1) is 6.10 Å². The van der Waals surface area contributed by atoms with E-state index in [-0.39, 0.29) is 11.9 Å². The molecule has 2 aliphatic heterocycles. The number of thiophene rings is 2. The van der Waals surface area contributed by atoms with E-state index < -0.39 is 0 Å². The lowest BCUT2D eigenvalue weighted by atomic mass is 10.2. The minimum Gasteiger partial charge on any atom is -0.393 e. The van der Waals surface area contributed by atoms with Crippen molar-refractivity contribution >= 4 is 60.0 Å². The van der Waals surface area contributed by atoms with Crippen LogP contribution in [-0.4, -0.2) is 92.2 Å². The number of aliphatic hydroxyl groups is 1. The van der Waals surface area contributed by atoms with Crippen LogP contribution in [0.3, 0.4) is 0 Å². The number of para-hydroxylation sites is 2. The second-order valence-electron chi connectivity index (χ2n) is 14.3. The molecule has 6 nitrogen and oxygen atoms in total. The standard InChI is InChI=1S/C14H22N2O.C14H20N2O.2C9H8S.8C2H6/c2*1-13(17)7-8-15-9-11-16(12-10-15)14-5-3-2-4-6-14;2*1-7-2-3-9-8(6-7)4-5-10-9;8*1-2/h2-6,13,17H,7-12H2,1H3;2-6H,7-12H2,1H3;2*2-6H,1H3;8*1-2H3. The summed E-state index contributed by atoms with van der Waals surface area (Å²) < 4.78 is 2.76. The first kappa shape index (κ1) is 72.5. The molecule has 8 heteroatoms. The van der Waals surface area contributed by atoms with E-state index in [0.717, 1.165) is 71.9 Å². The number of ketones is 1. The fourth-order valence-electron chi connectivity index (χ4n) is 6.59. The Bertz CT molecular complexity index is 1870.